The van der Waals surface area contributed by atoms with E-state index >= 15 is 0 Å². The molecule has 98 valence electrons. The monoisotopic (exact) mass is 247 g/mol. The normalized spacial score (nSPS) is 17.6. The van der Waals surface area contributed by atoms with E-state index in [4.69, 9.17) is 11.5 Å². The Morgan fingerprint density at radius 3 is 2.67 bits per heavy atom. The Balaban J connectivity index is 2.13. The van der Waals surface area contributed by atoms with Crippen LogP contribution in [0.15, 0.2) is 18.2 Å². The van der Waals surface area contributed by atoms with Gasteiger partial charge in [-0.2, -0.15) is 0 Å². The third-order valence-corrected chi connectivity index (χ3v) is 3.86. The van der Waals surface area contributed by atoms with Crippen LogP contribution < -0.4 is 16.8 Å². The van der Waals surface area contributed by atoms with Crippen molar-refractivity contribution in [3.63, 3.8) is 0 Å². The highest BCUT2D eigenvalue weighted by Crippen LogP contribution is 2.31. The first-order chi connectivity index (χ1) is 8.59. The lowest BCUT2D eigenvalue weighted by atomic mass is 9.99. The first kappa shape index (κ1) is 12.7. The summed E-state index contributed by atoms with van der Waals surface area (Å²) in [6.07, 6.45) is 5.16. The topological polar surface area (TPSA) is 81.1 Å². The van der Waals surface area contributed by atoms with Gasteiger partial charge in [-0.15, -0.1) is 0 Å². The number of carbonyl (C=O) groups excluding carboxylic acids is 1. The Kier molecular flexibility index (Phi) is 3.75. The van der Waals surface area contributed by atoms with E-state index in [1.54, 1.807) is 12.1 Å². The van der Waals surface area contributed by atoms with E-state index in [0.29, 0.717) is 23.2 Å². The number of nitrogen functional groups attached to an aromatic ring is 1. The first-order valence-corrected chi connectivity index (χ1v) is 6.54. The van der Waals surface area contributed by atoms with E-state index in [9.17, 15) is 4.79 Å². The van der Waals surface area contributed by atoms with Crippen molar-refractivity contribution in [2.24, 2.45) is 11.7 Å². The predicted octanol–water partition coefficient (Wildman–Crippen LogP) is 2.36. The summed E-state index contributed by atoms with van der Waals surface area (Å²) in [5.41, 5.74) is 12.9. The van der Waals surface area contributed by atoms with E-state index < -0.39 is 5.91 Å². The average Bonchev–Trinajstić information content (AvgIpc) is 2.85. The molecule has 0 saturated heterocycles. The number of nitrogens with one attached hydrogen (secondary N) is 1. The van der Waals surface area contributed by atoms with Crippen LogP contribution in [0.25, 0.3) is 0 Å². The summed E-state index contributed by atoms with van der Waals surface area (Å²) in [5.74, 6) is 0.214. The minimum Gasteiger partial charge on any atom is -0.396 e. The van der Waals surface area contributed by atoms with Crippen LogP contribution in [0, 0.1) is 5.92 Å². The van der Waals surface area contributed by atoms with Crippen molar-refractivity contribution >= 4 is 17.3 Å². The van der Waals surface area contributed by atoms with Crippen LogP contribution in [0.4, 0.5) is 11.4 Å². The molecule has 0 aromatic heterocycles. The SMILES string of the molecule is CC(Nc1cccc(C(N)=O)c1N)C1CCCC1. The molecular weight excluding hydrogens is 226 g/mol. The number of rotatable bonds is 4. The summed E-state index contributed by atoms with van der Waals surface area (Å²) < 4.78 is 0. The van der Waals surface area contributed by atoms with Crippen molar-refractivity contribution in [3.05, 3.63) is 23.8 Å². The fourth-order valence-electron chi connectivity index (χ4n) is 2.73. The maximum absolute atomic E-state index is 11.2. The number of para-hydroxylation sites is 1. The lowest BCUT2D eigenvalue weighted by Gasteiger charge is -2.23. The van der Waals surface area contributed by atoms with Gasteiger partial charge in [-0.05, 0) is 37.8 Å². The van der Waals surface area contributed by atoms with Gasteiger partial charge in [0.1, 0.15) is 0 Å². The Morgan fingerprint density at radius 2 is 2.06 bits per heavy atom. The van der Waals surface area contributed by atoms with E-state index in [-0.39, 0.29) is 0 Å². The highest BCUT2D eigenvalue weighted by Gasteiger charge is 2.22. The third kappa shape index (κ3) is 2.58. The molecule has 1 atom stereocenters. The minimum atomic E-state index is -0.482. The number of anilines is 2. The van der Waals surface area contributed by atoms with Crippen LogP contribution >= 0.6 is 0 Å². The average molecular weight is 247 g/mol. The summed E-state index contributed by atoms with van der Waals surface area (Å²) in [7, 11) is 0. The molecule has 1 fully saturated rings. The number of amides is 1. The summed E-state index contributed by atoms with van der Waals surface area (Å²) in [6, 6.07) is 5.73. The standard InChI is InChI=1S/C14H21N3O/c1-9(10-5-2-3-6-10)17-12-8-4-7-11(13(12)15)14(16)18/h4,7-10,17H,2-3,5-6,15H2,1H3,(H2,16,18). The van der Waals surface area contributed by atoms with Gasteiger partial charge >= 0.3 is 0 Å². The summed E-state index contributed by atoms with van der Waals surface area (Å²) >= 11 is 0. The molecule has 1 saturated carbocycles. The molecule has 1 aromatic carbocycles. The highest BCUT2D eigenvalue weighted by atomic mass is 16.1. The maximum Gasteiger partial charge on any atom is 0.250 e. The Labute approximate surface area is 108 Å². The van der Waals surface area contributed by atoms with Crippen molar-refractivity contribution in [1.82, 2.24) is 0 Å². The molecule has 18 heavy (non-hydrogen) atoms. The quantitative estimate of drug-likeness (QED) is 0.714. The van der Waals surface area contributed by atoms with Crippen molar-refractivity contribution in [1.29, 1.82) is 0 Å². The molecule has 0 radical (unpaired) electrons. The number of hydrogen-bond donors (Lipinski definition) is 3. The zero-order valence-corrected chi connectivity index (χ0v) is 10.8. The third-order valence-electron chi connectivity index (χ3n) is 3.86. The van der Waals surface area contributed by atoms with Crippen LogP contribution in [0.3, 0.4) is 0 Å². The number of primary amides is 1. The second-order valence-corrected chi connectivity index (χ2v) is 5.11. The molecular formula is C14H21N3O. The van der Waals surface area contributed by atoms with E-state index in [2.05, 4.69) is 12.2 Å². The number of nitrogens with two attached hydrogens (primary N) is 2. The van der Waals surface area contributed by atoms with E-state index in [1.165, 1.54) is 25.7 Å². The van der Waals surface area contributed by atoms with E-state index in [0.717, 1.165) is 5.69 Å². The molecule has 0 spiro atoms. The minimum absolute atomic E-state index is 0.373. The molecule has 1 aliphatic rings. The summed E-state index contributed by atoms with van der Waals surface area (Å²) in [5, 5.41) is 3.41. The fourth-order valence-corrected chi connectivity index (χ4v) is 2.73. The zero-order chi connectivity index (χ0) is 13.1. The molecule has 4 nitrogen and oxygen atoms in total. The van der Waals surface area contributed by atoms with Crippen molar-refractivity contribution in [3.8, 4) is 0 Å². The van der Waals surface area contributed by atoms with Crippen LogP contribution in [-0.4, -0.2) is 11.9 Å². The van der Waals surface area contributed by atoms with Crippen molar-refractivity contribution in [2.45, 2.75) is 38.6 Å². The van der Waals surface area contributed by atoms with Gasteiger partial charge in [0.05, 0.1) is 16.9 Å². The smallest absolute Gasteiger partial charge is 0.250 e. The van der Waals surface area contributed by atoms with Gasteiger partial charge < -0.3 is 16.8 Å². The molecule has 0 heterocycles. The van der Waals surface area contributed by atoms with Gasteiger partial charge in [0, 0.05) is 6.04 Å². The summed E-state index contributed by atoms with van der Waals surface area (Å²) in [4.78, 5) is 11.2. The van der Waals surface area contributed by atoms with Gasteiger partial charge in [-0.3, -0.25) is 4.79 Å². The predicted molar refractivity (Wildman–Crippen MR) is 74.4 cm³/mol. The van der Waals surface area contributed by atoms with Crippen molar-refractivity contribution in [2.75, 3.05) is 11.1 Å². The van der Waals surface area contributed by atoms with Crippen LogP contribution in [0.1, 0.15) is 43.0 Å². The van der Waals surface area contributed by atoms with Gasteiger partial charge in [0.2, 0.25) is 0 Å². The number of carbonyl (C=O) groups is 1. The molecule has 5 N–H and O–H groups in total. The number of hydrogen-bond acceptors (Lipinski definition) is 3. The lowest BCUT2D eigenvalue weighted by molar-refractivity contribution is 0.100. The fraction of sp³-hybridized carbons (Fsp3) is 0.500. The van der Waals surface area contributed by atoms with Crippen LogP contribution in [0.5, 0.6) is 0 Å². The molecule has 1 unspecified atom stereocenters. The zero-order valence-electron chi connectivity index (χ0n) is 10.8. The second-order valence-electron chi connectivity index (χ2n) is 5.11. The van der Waals surface area contributed by atoms with Gasteiger partial charge in [-0.1, -0.05) is 18.9 Å². The van der Waals surface area contributed by atoms with Gasteiger partial charge in [0.25, 0.3) is 5.91 Å². The first-order valence-electron chi connectivity index (χ1n) is 6.54. The molecule has 1 aliphatic carbocycles. The molecule has 0 bridgehead atoms. The Morgan fingerprint density at radius 1 is 1.39 bits per heavy atom. The van der Waals surface area contributed by atoms with E-state index in [1.807, 2.05) is 6.07 Å². The van der Waals surface area contributed by atoms with Gasteiger partial charge in [0.15, 0.2) is 0 Å². The summed E-state index contributed by atoms with van der Waals surface area (Å²) in [6.45, 7) is 2.17. The lowest BCUT2D eigenvalue weighted by Crippen LogP contribution is -2.25. The molecule has 1 amide bonds. The van der Waals surface area contributed by atoms with Crippen LogP contribution in [0.2, 0.25) is 0 Å². The largest absolute Gasteiger partial charge is 0.396 e. The highest BCUT2D eigenvalue weighted by molar-refractivity contribution is 6.00. The molecule has 2 rings (SSSR count). The molecule has 1 aromatic rings. The maximum atomic E-state index is 11.2. The van der Waals surface area contributed by atoms with Crippen LogP contribution in [-0.2, 0) is 0 Å². The molecule has 4 heteroatoms. The van der Waals surface area contributed by atoms with Crippen molar-refractivity contribution < 1.29 is 4.79 Å². The Hall–Kier alpha value is -1.71. The second kappa shape index (κ2) is 5.29. The Bertz CT molecular complexity index is 439. The molecule has 0 aliphatic heterocycles. The number of benzene rings is 1. The van der Waals surface area contributed by atoms with Gasteiger partial charge in [-0.25, -0.2) is 0 Å².